The number of nitrogens with two attached hydrogens (primary N) is 1. The zero-order valence-corrected chi connectivity index (χ0v) is 10.2. The van der Waals surface area contributed by atoms with Gasteiger partial charge in [-0.2, -0.15) is 0 Å². The topological polar surface area (TPSA) is 104 Å². The second kappa shape index (κ2) is 5.01. The van der Waals surface area contributed by atoms with Gasteiger partial charge in [0.2, 0.25) is 5.91 Å². The normalized spacial score (nSPS) is 27.9. The molecule has 0 bridgehead atoms. The zero-order chi connectivity index (χ0) is 13.2. The minimum atomic E-state index is -1.10. The van der Waals surface area contributed by atoms with Crippen LogP contribution in [0.1, 0.15) is 33.1 Å². The van der Waals surface area contributed by atoms with Gasteiger partial charge in [-0.3, -0.25) is 4.79 Å². The second-order valence-corrected chi connectivity index (χ2v) is 4.87. The van der Waals surface area contributed by atoms with Crippen molar-refractivity contribution in [3.05, 3.63) is 0 Å². The molecule has 1 aliphatic rings. The summed E-state index contributed by atoms with van der Waals surface area (Å²) in [5, 5.41) is 18.5. The summed E-state index contributed by atoms with van der Waals surface area (Å²) in [6.45, 7) is 3.56. The number of carboxylic acid groups (broad SMARTS) is 1. The maximum atomic E-state index is 12.1. The Hall–Kier alpha value is -1.14. The highest BCUT2D eigenvalue weighted by Gasteiger charge is 2.43. The van der Waals surface area contributed by atoms with E-state index in [1.54, 1.807) is 6.92 Å². The van der Waals surface area contributed by atoms with E-state index < -0.39 is 29.6 Å². The van der Waals surface area contributed by atoms with E-state index in [9.17, 15) is 14.7 Å². The molecule has 3 atom stereocenters. The summed E-state index contributed by atoms with van der Waals surface area (Å²) in [5.74, 6) is -1.49. The van der Waals surface area contributed by atoms with Gasteiger partial charge >= 0.3 is 5.97 Å². The number of carbonyl (C=O) groups is 2. The van der Waals surface area contributed by atoms with Crippen molar-refractivity contribution in [1.82, 2.24) is 4.90 Å². The number of rotatable bonds is 4. The van der Waals surface area contributed by atoms with E-state index in [-0.39, 0.29) is 13.0 Å². The molecule has 1 fully saturated rings. The lowest BCUT2D eigenvalue weighted by Gasteiger charge is -2.31. The van der Waals surface area contributed by atoms with E-state index in [4.69, 9.17) is 10.8 Å². The first kappa shape index (κ1) is 13.9. The van der Waals surface area contributed by atoms with Crippen LogP contribution in [0.2, 0.25) is 0 Å². The average molecular weight is 244 g/mol. The van der Waals surface area contributed by atoms with Crippen LogP contribution >= 0.6 is 0 Å². The Morgan fingerprint density at radius 3 is 2.59 bits per heavy atom. The molecule has 6 nitrogen and oxygen atoms in total. The molecule has 17 heavy (non-hydrogen) atoms. The first-order valence-corrected chi connectivity index (χ1v) is 5.80. The van der Waals surface area contributed by atoms with Crippen LogP contribution < -0.4 is 5.73 Å². The summed E-state index contributed by atoms with van der Waals surface area (Å²) in [6.07, 6.45) is 0.526. The number of likely N-dealkylation sites (tertiary alicyclic amines) is 1. The molecular formula is C11H20N2O4. The summed E-state index contributed by atoms with van der Waals surface area (Å²) >= 11 is 0. The maximum absolute atomic E-state index is 12.1. The Morgan fingerprint density at radius 1 is 1.53 bits per heavy atom. The molecule has 1 aliphatic heterocycles. The molecule has 4 N–H and O–H groups in total. The van der Waals surface area contributed by atoms with Crippen LogP contribution in [0.3, 0.4) is 0 Å². The maximum Gasteiger partial charge on any atom is 0.326 e. The van der Waals surface area contributed by atoms with Crippen LogP contribution in [-0.2, 0) is 9.59 Å². The first-order chi connectivity index (χ1) is 7.79. The third-order valence-corrected chi connectivity index (χ3v) is 3.08. The molecule has 0 aromatic rings. The average Bonchev–Trinajstić information content (AvgIpc) is 2.59. The highest BCUT2D eigenvalue weighted by molar-refractivity contribution is 5.90. The van der Waals surface area contributed by atoms with E-state index in [2.05, 4.69) is 0 Å². The van der Waals surface area contributed by atoms with Crippen molar-refractivity contribution in [2.45, 2.75) is 50.8 Å². The van der Waals surface area contributed by atoms with E-state index in [0.717, 1.165) is 6.42 Å². The number of nitrogens with zero attached hydrogens (tertiary/aromatic N) is 1. The Balaban J connectivity index is 2.84. The molecule has 6 heteroatoms. The van der Waals surface area contributed by atoms with Gasteiger partial charge in [0, 0.05) is 13.0 Å². The Kier molecular flexibility index (Phi) is 4.11. The highest BCUT2D eigenvalue weighted by atomic mass is 16.4. The van der Waals surface area contributed by atoms with Gasteiger partial charge in [-0.25, -0.2) is 4.79 Å². The molecule has 0 aliphatic carbocycles. The molecule has 0 radical (unpaired) electrons. The Labute approximate surface area is 100 Å². The van der Waals surface area contributed by atoms with Crippen molar-refractivity contribution in [1.29, 1.82) is 0 Å². The second-order valence-electron chi connectivity index (χ2n) is 4.87. The number of aliphatic hydroxyl groups excluding tert-OH is 1. The van der Waals surface area contributed by atoms with Crippen molar-refractivity contribution in [2.75, 3.05) is 6.54 Å². The molecule has 0 spiro atoms. The van der Waals surface area contributed by atoms with E-state index in [0.29, 0.717) is 6.42 Å². The summed E-state index contributed by atoms with van der Waals surface area (Å²) in [4.78, 5) is 24.3. The van der Waals surface area contributed by atoms with Gasteiger partial charge in [-0.15, -0.1) is 0 Å². The quantitative estimate of drug-likeness (QED) is 0.621. The number of amides is 1. The van der Waals surface area contributed by atoms with Crippen molar-refractivity contribution in [2.24, 2.45) is 5.73 Å². The predicted octanol–water partition coefficient (Wildman–Crippen LogP) is -0.450. The molecular weight excluding hydrogens is 224 g/mol. The van der Waals surface area contributed by atoms with Crippen molar-refractivity contribution in [3.63, 3.8) is 0 Å². The number of carbonyl (C=O) groups excluding carboxylic acids is 1. The summed E-state index contributed by atoms with van der Waals surface area (Å²) in [6, 6.07) is -0.961. The van der Waals surface area contributed by atoms with Gasteiger partial charge in [-0.1, -0.05) is 13.3 Å². The van der Waals surface area contributed by atoms with E-state index in [1.807, 2.05) is 6.92 Å². The molecule has 1 unspecified atom stereocenters. The molecule has 1 saturated heterocycles. The number of aliphatic carboxylic acids is 1. The lowest BCUT2D eigenvalue weighted by Crippen LogP contribution is -2.55. The van der Waals surface area contributed by atoms with E-state index >= 15 is 0 Å². The van der Waals surface area contributed by atoms with Gasteiger partial charge < -0.3 is 20.8 Å². The SMILES string of the molecule is CCCC(C)(N)C(=O)N1C[C@@H](O)C[C@H]1C(=O)O. The van der Waals surface area contributed by atoms with Gasteiger partial charge in [0.15, 0.2) is 0 Å². The standard InChI is InChI=1S/C11H20N2O4/c1-3-4-11(2,12)10(17)13-6-7(14)5-8(13)9(15)16/h7-8,14H,3-6,12H2,1-2H3,(H,15,16)/t7-,8-,11?/m0/s1. The first-order valence-electron chi connectivity index (χ1n) is 5.80. The highest BCUT2D eigenvalue weighted by Crippen LogP contribution is 2.23. The van der Waals surface area contributed by atoms with Gasteiger partial charge in [-0.05, 0) is 13.3 Å². The summed E-state index contributed by atoms with van der Waals surface area (Å²) in [7, 11) is 0. The van der Waals surface area contributed by atoms with Crippen LogP contribution in [0.5, 0.6) is 0 Å². The number of hydrogen-bond donors (Lipinski definition) is 3. The largest absolute Gasteiger partial charge is 0.480 e. The Morgan fingerprint density at radius 2 is 2.12 bits per heavy atom. The van der Waals surface area contributed by atoms with Crippen LogP contribution in [0, 0.1) is 0 Å². The lowest BCUT2D eigenvalue weighted by atomic mass is 9.95. The fraction of sp³-hybridized carbons (Fsp3) is 0.818. The molecule has 1 amide bonds. The van der Waals surface area contributed by atoms with Gasteiger partial charge in [0.25, 0.3) is 0 Å². The molecule has 0 saturated carbocycles. The predicted molar refractivity (Wildman–Crippen MR) is 61.3 cm³/mol. The van der Waals surface area contributed by atoms with Crippen molar-refractivity contribution < 1.29 is 19.8 Å². The Bertz CT molecular complexity index is 317. The summed E-state index contributed by atoms with van der Waals surface area (Å²) in [5.41, 5.74) is 4.83. The molecule has 98 valence electrons. The summed E-state index contributed by atoms with van der Waals surface area (Å²) < 4.78 is 0. The third kappa shape index (κ3) is 2.95. The van der Waals surface area contributed by atoms with Crippen LogP contribution in [-0.4, -0.2) is 51.2 Å². The minimum absolute atomic E-state index is 0.0479. The van der Waals surface area contributed by atoms with E-state index in [1.165, 1.54) is 4.90 Å². The zero-order valence-electron chi connectivity index (χ0n) is 10.2. The fourth-order valence-corrected chi connectivity index (χ4v) is 2.23. The number of carboxylic acids is 1. The lowest BCUT2D eigenvalue weighted by molar-refractivity contribution is -0.150. The van der Waals surface area contributed by atoms with Crippen LogP contribution in [0.15, 0.2) is 0 Å². The van der Waals surface area contributed by atoms with Gasteiger partial charge in [0.1, 0.15) is 6.04 Å². The number of hydrogen-bond acceptors (Lipinski definition) is 4. The minimum Gasteiger partial charge on any atom is -0.480 e. The van der Waals surface area contributed by atoms with Crippen molar-refractivity contribution >= 4 is 11.9 Å². The molecule has 0 aromatic carbocycles. The molecule has 1 rings (SSSR count). The van der Waals surface area contributed by atoms with Crippen LogP contribution in [0.25, 0.3) is 0 Å². The fourth-order valence-electron chi connectivity index (χ4n) is 2.23. The monoisotopic (exact) mass is 244 g/mol. The molecule has 0 aromatic heterocycles. The van der Waals surface area contributed by atoms with Crippen molar-refractivity contribution in [3.8, 4) is 0 Å². The van der Waals surface area contributed by atoms with Crippen LogP contribution in [0.4, 0.5) is 0 Å². The smallest absolute Gasteiger partial charge is 0.326 e. The number of β-amino-alcohol motifs (C(OH)–C–C–N with tert-alkyl or cyclic N) is 1. The number of aliphatic hydroxyl groups is 1. The van der Waals surface area contributed by atoms with Gasteiger partial charge in [0.05, 0.1) is 11.6 Å². The third-order valence-electron chi connectivity index (χ3n) is 3.08. The molecule has 1 heterocycles.